The Morgan fingerprint density at radius 1 is 1.38 bits per heavy atom. The molecule has 2 fully saturated rings. The Balaban J connectivity index is 1.60. The molecule has 1 aromatic heterocycles. The van der Waals surface area contributed by atoms with E-state index in [1.807, 2.05) is 4.90 Å². The van der Waals surface area contributed by atoms with Crippen molar-refractivity contribution in [2.45, 2.75) is 31.8 Å². The van der Waals surface area contributed by atoms with Gasteiger partial charge in [0, 0.05) is 19.0 Å². The predicted molar refractivity (Wildman–Crippen MR) is 76.4 cm³/mol. The van der Waals surface area contributed by atoms with E-state index in [9.17, 15) is 14.4 Å². The summed E-state index contributed by atoms with van der Waals surface area (Å²) < 4.78 is 0. The van der Waals surface area contributed by atoms with Crippen molar-refractivity contribution in [3.05, 3.63) is 21.9 Å². The lowest BCUT2D eigenvalue weighted by atomic mass is 10.2. The van der Waals surface area contributed by atoms with E-state index in [0.717, 1.165) is 17.8 Å². The van der Waals surface area contributed by atoms with Crippen LogP contribution >= 0.6 is 11.3 Å². The van der Waals surface area contributed by atoms with E-state index in [0.29, 0.717) is 29.8 Å². The summed E-state index contributed by atoms with van der Waals surface area (Å²) >= 11 is 0.943. The molecule has 6 nitrogen and oxygen atoms in total. The van der Waals surface area contributed by atoms with Crippen molar-refractivity contribution in [2.24, 2.45) is 5.92 Å². The number of nitrogens with zero attached hydrogens (tertiary/aromatic N) is 1. The van der Waals surface area contributed by atoms with Gasteiger partial charge in [-0.05, 0) is 24.5 Å². The number of carboxylic acid groups (broad SMARTS) is 1. The minimum Gasteiger partial charge on any atom is -0.477 e. The van der Waals surface area contributed by atoms with Gasteiger partial charge in [-0.15, -0.1) is 11.3 Å². The molecule has 1 aliphatic carbocycles. The van der Waals surface area contributed by atoms with E-state index in [4.69, 9.17) is 5.11 Å². The van der Waals surface area contributed by atoms with Crippen LogP contribution in [0.15, 0.2) is 12.1 Å². The third kappa shape index (κ3) is 2.78. The van der Waals surface area contributed by atoms with Gasteiger partial charge in [0.25, 0.3) is 5.91 Å². The van der Waals surface area contributed by atoms with Gasteiger partial charge in [-0.25, -0.2) is 4.79 Å². The summed E-state index contributed by atoms with van der Waals surface area (Å²) in [6.45, 7) is 2.67. The summed E-state index contributed by atoms with van der Waals surface area (Å²) in [5.74, 6) is -0.703. The van der Waals surface area contributed by atoms with Crippen molar-refractivity contribution >= 4 is 29.1 Å². The van der Waals surface area contributed by atoms with Crippen LogP contribution in [0.4, 0.5) is 0 Å². The fourth-order valence-electron chi connectivity index (χ4n) is 2.72. The van der Waals surface area contributed by atoms with Crippen LogP contribution in [0.1, 0.15) is 39.1 Å². The number of amides is 2. The molecule has 2 heterocycles. The van der Waals surface area contributed by atoms with Crippen LogP contribution in [0.3, 0.4) is 0 Å². The zero-order valence-corrected chi connectivity index (χ0v) is 12.4. The Morgan fingerprint density at radius 2 is 2.05 bits per heavy atom. The van der Waals surface area contributed by atoms with Crippen LogP contribution in [0.2, 0.25) is 0 Å². The van der Waals surface area contributed by atoms with E-state index in [-0.39, 0.29) is 22.7 Å². The molecular weight excluding hydrogens is 292 g/mol. The summed E-state index contributed by atoms with van der Waals surface area (Å²) in [5, 5.41) is 11.7. The summed E-state index contributed by atoms with van der Waals surface area (Å²) in [4.78, 5) is 37.2. The summed E-state index contributed by atoms with van der Waals surface area (Å²) in [6.07, 6.45) is 1.37. The summed E-state index contributed by atoms with van der Waals surface area (Å²) in [6, 6.07) is 3.06. The van der Waals surface area contributed by atoms with Crippen molar-refractivity contribution < 1.29 is 19.5 Å². The minimum absolute atomic E-state index is 0.0899. The maximum Gasteiger partial charge on any atom is 0.345 e. The molecule has 3 atom stereocenters. The molecule has 1 aliphatic heterocycles. The van der Waals surface area contributed by atoms with Gasteiger partial charge in [-0.3, -0.25) is 9.59 Å². The molecule has 1 aromatic rings. The monoisotopic (exact) mass is 308 g/mol. The molecule has 1 saturated heterocycles. The lowest BCUT2D eigenvalue weighted by molar-refractivity contribution is -0.128. The van der Waals surface area contributed by atoms with Crippen molar-refractivity contribution in [2.75, 3.05) is 6.54 Å². The van der Waals surface area contributed by atoms with Crippen molar-refractivity contribution in [1.82, 2.24) is 10.2 Å². The topological polar surface area (TPSA) is 86.7 Å². The number of carboxylic acids is 1. The number of likely N-dealkylation sites (tertiary alicyclic amines) is 1. The number of hydrogen-bond acceptors (Lipinski definition) is 4. The lowest BCUT2D eigenvalue weighted by Gasteiger charge is -2.16. The average molecular weight is 308 g/mol. The molecule has 21 heavy (non-hydrogen) atoms. The Hall–Kier alpha value is -1.89. The zero-order chi connectivity index (χ0) is 15.1. The second-order valence-corrected chi connectivity index (χ2v) is 6.75. The van der Waals surface area contributed by atoms with Crippen LogP contribution < -0.4 is 5.32 Å². The highest BCUT2D eigenvalue weighted by atomic mass is 32.1. The average Bonchev–Trinajstić information content (AvgIpc) is 2.86. The van der Waals surface area contributed by atoms with Gasteiger partial charge in [0.05, 0.1) is 10.9 Å². The smallest absolute Gasteiger partial charge is 0.345 e. The Morgan fingerprint density at radius 3 is 2.62 bits per heavy atom. The van der Waals surface area contributed by atoms with Gasteiger partial charge < -0.3 is 15.3 Å². The fourth-order valence-corrected chi connectivity index (χ4v) is 3.47. The SMILES string of the molecule is C[C@@H]1C[C@H]1N1C[C@H](NC(=O)c2ccc(C(=O)O)s2)CC1=O. The highest BCUT2D eigenvalue weighted by molar-refractivity contribution is 7.15. The van der Waals surface area contributed by atoms with Crippen LogP contribution in [0.5, 0.6) is 0 Å². The molecule has 2 amide bonds. The van der Waals surface area contributed by atoms with E-state index in [2.05, 4.69) is 12.2 Å². The first-order valence-electron chi connectivity index (χ1n) is 6.89. The second kappa shape index (κ2) is 5.14. The maximum atomic E-state index is 12.1. The van der Waals surface area contributed by atoms with Gasteiger partial charge in [-0.1, -0.05) is 6.92 Å². The number of hydrogen-bond donors (Lipinski definition) is 2. The molecular formula is C14H16N2O4S. The third-order valence-corrected chi connectivity index (χ3v) is 5.07. The Bertz CT molecular complexity index is 612. The second-order valence-electron chi connectivity index (χ2n) is 5.67. The number of thiophene rings is 1. The van der Waals surface area contributed by atoms with Gasteiger partial charge in [0.15, 0.2) is 0 Å². The molecule has 0 radical (unpaired) electrons. The maximum absolute atomic E-state index is 12.1. The van der Waals surface area contributed by atoms with Gasteiger partial charge in [-0.2, -0.15) is 0 Å². The van der Waals surface area contributed by atoms with E-state index >= 15 is 0 Å². The Labute approximate surface area is 125 Å². The van der Waals surface area contributed by atoms with Crippen molar-refractivity contribution in [3.63, 3.8) is 0 Å². The molecule has 0 aromatic carbocycles. The molecule has 0 bridgehead atoms. The number of carbonyl (C=O) groups is 3. The quantitative estimate of drug-likeness (QED) is 0.874. The number of nitrogens with one attached hydrogen (secondary N) is 1. The lowest BCUT2D eigenvalue weighted by Crippen LogP contribution is -2.37. The summed E-state index contributed by atoms with van der Waals surface area (Å²) in [5.41, 5.74) is 0. The van der Waals surface area contributed by atoms with E-state index < -0.39 is 5.97 Å². The van der Waals surface area contributed by atoms with Crippen LogP contribution in [-0.2, 0) is 4.79 Å². The number of carbonyl (C=O) groups excluding carboxylic acids is 2. The predicted octanol–water partition coefficient (Wildman–Crippen LogP) is 1.19. The van der Waals surface area contributed by atoms with Crippen molar-refractivity contribution in [3.8, 4) is 0 Å². The largest absolute Gasteiger partial charge is 0.477 e. The zero-order valence-electron chi connectivity index (χ0n) is 11.5. The van der Waals surface area contributed by atoms with Crippen LogP contribution in [0.25, 0.3) is 0 Å². The number of rotatable bonds is 4. The fraction of sp³-hybridized carbons (Fsp3) is 0.500. The minimum atomic E-state index is -1.04. The van der Waals surface area contributed by atoms with Crippen LogP contribution in [-0.4, -0.2) is 46.4 Å². The first-order valence-corrected chi connectivity index (χ1v) is 7.71. The normalized spacial score (nSPS) is 27.8. The highest BCUT2D eigenvalue weighted by Gasteiger charge is 2.44. The molecule has 0 unspecified atom stereocenters. The first kappa shape index (κ1) is 14.1. The van der Waals surface area contributed by atoms with Crippen molar-refractivity contribution in [1.29, 1.82) is 0 Å². The van der Waals surface area contributed by atoms with Gasteiger partial charge in [0.2, 0.25) is 5.91 Å². The van der Waals surface area contributed by atoms with Gasteiger partial charge in [0.1, 0.15) is 4.88 Å². The molecule has 1 saturated carbocycles. The molecule has 7 heteroatoms. The van der Waals surface area contributed by atoms with Gasteiger partial charge >= 0.3 is 5.97 Å². The molecule has 2 aliphatic rings. The third-order valence-electron chi connectivity index (χ3n) is 4.00. The summed E-state index contributed by atoms with van der Waals surface area (Å²) in [7, 11) is 0. The van der Waals surface area contributed by atoms with Crippen LogP contribution in [0, 0.1) is 5.92 Å². The standard InChI is InChI=1S/C14H16N2O4S/c1-7-4-9(7)16-6-8(5-12(16)17)15-13(18)10-2-3-11(21-10)14(19)20/h2-3,7-9H,4-6H2,1H3,(H,15,18)(H,19,20)/t7-,8-,9-/m1/s1. The molecule has 0 spiro atoms. The molecule has 2 N–H and O–H groups in total. The highest BCUT2D eigenvalue weighted by Crippen LogP contribution is 2.37. The van der Waals surface area contributed by atoms with E-state index in [1.54, 1.807) is 0 Å². The Kier molecular flexibility index (Phi) is 3.44. The molecule has 112 valence electrons. The number of aromatic carboxylic acids is 1. The van der Waals surface area contributed by atoms with E-state index in [1.165, 1.54) is 12.1 Å². The molecule has 3 rings (SSSR count). The first-order chi connectivity index (χ1) is 9.95.